The minimum atomic E-state index is 0.143. The molecule has 2 aromatic carbocycles. The second-order valence-electron chi connectivity index (χ2n) is 5.82. The molecule has 0 aromatic heterocycles. The Morgan fingerprint density at radius 2 is 1.76 bits per heavy atom. The average Bonchev–Trinajstić information content (AvgIpc) is 2.37. The fourth-order valence-electron chi connectivity index (χ4n) is 2.63. The van der Waals surface area contributed by atoms with Crippen LogP contribution in [0.25, 0.3) is 0 Å². The van der Waals surface area contributed by atoms with Gasteiger partial charge < -0.3 is 10.6 Å². The van der Waals surface area contributed by atoms with E-state index in [4.69, 9.17) is 17.3 Å². The molecule has 0 bridgehead atoms. The molecule has 0 aliphatic rings. The van der Waals surface area contributed by atoms with Crippen LogP contribution < -0.4 is 10.6 Å². The van der Waals surface area contributed by atoms with Crippen molar-refractivity contribution in [2.75, 3.05) is 11.9 Å². The van der Waals surface area contributed by atoms with Crippen LogP contribution in [0.4, 0.5) is 11.4 Å². The van der Waals surface area contributed by atoms with E-state index in [9.17, 15) is 0 Å². The van der Waals surface area contributed by atoms with Gasteiger partial charge >= 0.3 is 0 Å². The molecule has 0 saturated carbocycles. The van der Waals surface area contributed by atoms with Gasteiger partial charge in [-0.1, -0.05) is 35.4 Å². The largest absolute Gasteiger partial charge is 0.343 e. The van der Waals surface area contributed by atoms with Crippen molar-refractivity contribution in [1.82, 2.24) is 0 Å². The second kappa shape index (κ2) is 6.50. The van der Waals surface area contributed by atoms with Gasteiger partial charge in [-0.2, -0.15) is 0 Å². The molecule has 1 unspecified atom stereocenters. The third-order valence-corrected chi connectivity index (χ3v) is 3.95. The van der Waals surface area contributed by atoms with Gasteiger partial charge in [0.15, 0.2) is 0 Å². The maximum Gasteiger partial charge on any atom is 0.0645 e. The van der Waals surface area contributed by atoms with Crippen molar-refractivity contribution in [2.45, 2.75) is 33.2 Å². The first kappa shape index (κ1) is 15.9. The number of nitrogens with zero attached hydrogens (tertiary/aromatic N) is 1. The van der Waals surface area contributed by atoms with Crippen molar-refractivity contribution >= 4 is 23.0 Å². The lowest BCUT2D eigenvalue weighted by molar-refractivity contribution is 0.738. The lowest BCUT2D eigenvalue weighted by atomic mass is 10.1. The highest BCUT2D eigenvalue weighted by molar-refractivity contribution is 6.33. The van der Waals surface area contributed by atoms with E-state index in [0.29, 0.717) is 0 Å². The van der Waals surface area contributed by atoms with Gasteiger partial charge in [0.05, 0.1) is 10.7 Å². The summed E-state index contributed by atoms with van der Waals surface area (Å²) in [6.07, 6.45) is 0.841. The van der Waals surface area contributed by atoms with Crippen LogP contribution in [0.3, 0.4) is 0 Å². The predicted molar refractivity (Wildman–Crippen MR) is 92.8 cm³/mol. The van der Waals surface area contributed by atoms with E-state index in [2.05, 4.69) is 49.1 Å². The van der Waals surface area contributed by atoms with Crippen molar-refractivity contribution in [2.24, 2.45) is 5.73 Å². The maximum atomic E-state index is 6.46. The van der Waals surface area contributed by atoms with Crippen LogP contribution >= 0.6 is 11.6 Å². The molecule has 0 spiro atoms. The number of aryl methyl sites for hydroxylation is 2. The highest BCUT2D eigenvalue weighted by atomic mass is 35.5. The Kier molecular flexibility index (Phi) is 4.92. The topological polar surface area (TPSA) is 29.3 Å². The van der Waals surface area contributed by atoms with Crippen molar-refractivity contribution in [1.29, 1.82) is 0 Å². The van der Waals surface area contributed by atoms with Gasteiger partial charge in [-0.05, 0) is 56.5 Å². The van der Waals surface area contributed by atoms with E-state index >= 15 is 0 Å². The van der Waals surface area contributed by atoms with Gasteiger partial charge in [-0.25, -0.2) is 0 Å². The number of hydrogen-bond acceptors (Lipinski definition) is 2. The molecule has 0 aliphatic carbocycles. The van der Waals surface area contributed by atoms with Crippen LogP contribution in [-0.4, -0.2) is 13.1 Å². The number of nitrogens with two attached hydrogens (primary N) is 1. The summed E-state index contributed by atoms with van der Waals surface area (Å²) < 4.78 is 0. The third-order valence-electron chi connectivity index (χ3n) is 3.64. The lowest BCUT2D eigenvalue weighted by Gasteiger charge is -2.23. The Morgan fingerprint density at radius 3 is 2.33 bits per heavy atom. The average molecular weight is 303 g/mol. The van der Waals surface area contributed by atoms with E-state index in [1.54, 1.807) is 0 Å². The van der Waals surface area contributed by atoms with Crippen molar-refractivity contribution < 1.29 is 0 Å². The normalized spacial score (nSPS) is 12.3. The summed E-state index contributed by atoms with van der Waals surface area (Å²) in [6, 6.07) is 12.8. The summed E-state index contributed by atoms with van der Waals surface area (Å²) in [5, 5.41) is 0.760. The number of hydrogen-bond donors (Lipinski definition) is 1. The Balaban J connectivity index is 2.32. The first-order valence-corrected chi connectivity index (χ1v) is 7.61. The molecule has 0 fully saturated rings. The molecule has 2 aromatic rings. The molecular weight excluding hydrogens is 280 g/mol. The van der Waals surface area contributed by atoms with Gasteiger partial charge in [0.25, 0.3) is 0 Å². The quantitative estimate of drug-likeness (QED) is 0.893. The number of benzene rings is 2. The van der Waals surface area contributed by atoms with Crippen molar-refractivity contribution in [3.05, 3.63) is 58.1 Å². The van der Waals surface area contributed by atoms with E-state index < -0.39 is 0 Å². The number of rotatable bonds is 4. The van der Waals surface area contributed by atoms with Gasteiger partial charge in [-0.15, -0.1) is 0 Å². The predicted octanol–water partition coefficient (Wildman–Crippen LogP) is 4.61. The number of anilines is 2. The molecule has 1 atom stereocenters. The first-order valence-electron chi connectivity index (χ1n) is 7.23. The molecule has 0 radical (unpaired) electrons. The molecule has 2 N–H and O–H groups in total. The van der Waals surface area contributed by atoms with Crippen LogP contribution in [0.1, 0.15) is 23.6 Å². The van der Waals surface area contributed by atoms with Gasteiger partial charge in [-0.3, -0.25) is 0 Å². The summed E-state index contributed by atoms with van der Waals surface area (Å²) >= 11 is 6.46. The minimum Gasteiger partial charge on any atom is -0.343 e. The van der Waals surface area contributed by atoms with Crippen LogP contribution in [-0.2, 0) is 6.42 Å². The molecule has 112 valence electrons. The molecule has 0 heterocycles. The zero-order valence-electron chi connectivity index (χ0n) is 13.2. The first-order chi connectivity index (χ1) is 9.88. The molecule has 0 saturated heterocycles. The zero-order chi connectivity index (χ0) is 15.6. The fraction of sp³-hybridized carbons (Fsp3) is 0.333. The third kappa shape index (κ3) is 3.78. The zero-order valence-corrected chi connectivity index (χ0v) is 13.9. The van der Waals surface area contributed by atoms with Gasteiger partial charge in [0.2, 0.25) is 0 Å². The highest BCUT2D eigenvalue weighted by Gasteiger charge is 2.11. The molecule has 2 rings (SSSR count). The number of halogens is 1. The standard InChI is InChI=1S/C18H23ClN2/c1-12-5-7-17(13(2)9-12)21(4)18-8-6-15(10-14(3)20)11-16(18)19/h5-9,11,14H,10,20H2,1-4H3. The SMILES string of the molecule is Cc1ccc(N(C)c2ccc(CC(C)N)cc2Cl)c(C)c1. The molecule has 0 aliphatic heterocycles. The molecule has 21 heavy (non-hydrogen) atoms. The summed E-state index contributed by atoms with van der Waals surface area (Å²) in [7, 11) is 2.05. The van der Waals surface area contributed by atoms with Crippen molar-refractivity contribution in [3.63, 3.8) is 0 Å². The van der Waals surface area contributed by atoms with Crippen LogP contribution in [0.5, 0.6) is 0 Å². The van der Waals surface area contributed by atoms with Crippen LogP contribution in [0.15, 0.2) is 36.4 Å². The van der Waals surface area contributed by atoms with E-state index in [0.717, 1.165) is 17.1 Å². The monoisotopic (exact) mass is 302 g/mol. The smallest absolute Gasteiger partial charge is 0.0645 e. The second-order valence-corrected chi connectivity index (χ2v) is 6.22. The minimum absolute atomic E-state index is 0.143. The summed E-state index contributed by atoms with van der Waals surface area (Å²) in [5.41, 5.74) is 11.7. The lowest BCUT2D eigenvalue weighted by Crippen LogP contribution is -2.18. The van der Waals surface area contributed by atoms with Crippen LogP contribution in [0.2, 0.25) is 5.02 Å². The van der Waals surface area contributed by atoms with E-state index in [-0.39, 0.29) is 6.04 Å². The van der Waals surface area contributed by atoms with E-state index in [1.807, 2.05) is 20.0 Å². The highest BCUT2D eigenvalue weighted by Crippen LogP contribution is 2.33. The Morgan fingerprint density at radius 1 is 1.10 bits per heavy atom. The Bertz CT molecular complexity index is 635. The molecule has 2 nitrogen and oxygen atoms in total. The Labute approximate surface area is 132 Å². The molecule has 3 heteroatoms. The summed E-state index contributed by atoms with van der Waals surface area (Å²) in [6.45, 7) is 6.23. The Hall–Kier alpha value is -1.51. The van der Waals surface area contributed by atoms with E-state index in [1.165, 1.54) is 22.4 Å². The van der Waals surface area contributed by atoms with Gasteiger partial charge in [0.1, 0.15) is 0 Å². The van der Waals surface area contributed by atoms with Crippen molar-refractivity contribution in [3.8, 4) is 0 Å². The molecule has 0 amide bonds. The van der Waals surface area contributed by atoms with Crippen LogP contribution in [0, 0.1) is 13.8 Å². The maximum absolute atomic E-state index is 6.46. The molecular formula is C18H23ClN2. The van der Waals surface area contributed by atoms with Gasteiger partial charge in [0, 0.05) is 18.8 Å². The fourth-order valence-corrected chi connectivity index (χ4v) is 2.96. The summed E-state index contributed by atoms with van der Waals surface area (Å²) in [5.74, 6) is 0. The summed E-state index contributed by atoms with van der Waals surface area (Å²) in [4.78, 5) is 2.13.